The van der Waals surface area contributed by atoms with Gasteiger partial charge in [0.1, 0.15) is 11.3 Å². The lowest BCUT2D eigenvalue weighted by Crippen LogP contribution is -2.42. The molecule has 1 aromatic heterocycles. The van der Waals surface area contributed by atoms with Gasteiger partial charge in [0.2, 0.25) is 0 Å². The fourth-order valence-electron chi connectivity index (χ4n) is 3.92. The van der Waals surface area contributed by atoms with Crippen molar-refractivity contribution in [2.75, 3.05) is 13.1 Å². The van der Waals surface area contributed by atoms with E-state index >= 15 is 0 Å². The number of likely N-dealkylation sites (tertiary alicyclic amines) is 1. The Balaban J connectivity index is 1.55. The number of hydrogen-bond acceptors (Lipinski definition) is 4. The van der Waals surface area contributed by atoms with E-state index in [9.17, 15) is 9.59 Å². The molecular weight excluding hydrogens is 418 g/mol. The lowest BCUT2D eigenvalue weighted by Gasteiger charge is -2.34. The molecule has 1 N–H and O–H groups in total. The van der Waals surface area contributed by atoms with Crippen molar-refractivity contribution >= 4 is 12.0 Å². The van der Waals surface area contributed by atoms with E-state index in [1.165, 1.54) is 0 Å². The SMILES string of the molecule is CC(C)OCc1cccc(CNC(=O)c2cccn2C2CCN(C(=O)OC(C)(C)C)CC2)c1. The summed E-state index contributed by atoms with van der Waals surface area (Å²) in [7, 11) is 0. The molecular formula is C26H37N3O4. The smallest absolute Gasteiger partial charge is 0.410 e. The predicted molar refractivity (Wildman–Crippen MR) is 128 cm³/mol. The summed E-state index contributed by atoms with van der Waals surface area (Å²) < 4.78 is 13.2. The summed E-state index contributed by atoms with van der Waals surface area (Å²) in [6.07, 6.45) is 3.43. The second-order valence-corrected chi connectivity index (χ2v) is 9.86. The minimum Gasteiger partial charge on any atom is -0.444 e. The van der Waals surface area contributed by atoms with Crippen LogP contribution in [0.3, 0.4) is 0 Å². The van der Waals surface area contributed by atoms with Crippen LogP contribution in [0.1, 0.15) is 75.1 Å². The van der Waals surface area contributed by atoms with Crippen molar-refractivity contribution in [3.05, 3.63) is 59.4 Å². The summed E-state index contributed by atoms with van der Waals surface area (Å²) in [5, 5.41) is 3.04. The zero-order valence-corrected chi connectivity index (χ0v) is 20.5. The van der Waals surface area contributed by atoms with E-state index < -0.39 is 5.60 Å². The summed E-state index contributed by atoms with van der Waals surface area (Å²) in [4.78, 5) is 27.0. The molecule has 0 unspecified atom stereocenters. The van der Waals surface area contributed by atoms with E-state index in [0.717, 1.165) is 24.0 Å². The van der Waals surface area contributed by atoms with Gasteiger partial charge in [0.25, 0.3) is 5.91 Å². The van der Waals surface area contributed by atoms with Crippen LogP contribution in [0, 0.1) is 0 Å². The van der Waals surface area contributed by atoms with E-state index in [4.69, 9.17) is 9.47 Å². The minimum atomic E-state index is -0.499. The van der Waals surface area contributed by atoms with Crippen LogP contribution >= 0.6 is 0 Å². The molecule has 0 aliphatic carbocycles. The van der Waals surface area contributed by atoms with Gasteiger partial charge < -0.3 is 24.3 Å². The normalized spacial score (nSPS) is 15.0. The van der Waals surface area contributed by atoms with E-state index in [-0.39, 0.29) is 24.1 Å². The van der Waals surface area contributed by atoms with Gasteiger partial charge in [-0.05, 0) is 70.7 Å². The van der Waals surface area contributed by atoms with Crippen molar-refractivity contribution < 1.29 is 19.1 Å². The molecule has 33 heavy (non-hydrogen) atoms. The summed E-state index contributed by atoms with van der Waals surface area (Å²) in [6.45, 7) is 11.9. The molecule has 0 saturated carbocycles. The summed E-state index contributed by atoms with van der Waals surface area (Å²) in [5.41, 5.74) is 2.28. The highest BCUT2D eigenvalue weighted by molar-refractivity contribution is 5.92. The molecule has 1 aliphatic heterocycles. The highest BCUT2D eigenvalue weighted by Gasteiger charge is 2.28. The number of benzene rings is 1. The van der Waals surface area contributed by atoms with Crippen molar-refractivity contribution in [3.8, 4) is 0 Å². The van der Waals surface area contributed by atoms with Gasteiger partial charge in [-0.25, -0.2) is 4.79 Å². The highest BCUT2D eigenvalue weighted by atomic mass is 16.6. The fraction of sp³-hybridized carbons (Fsp3) is 0.538. The molecule has 1 aliphatic rings. The number of amides is 2. The molecule has 2 heterocycles. The number of aromatic nitrogens is 1. The number of rotatable bonds is 7. The average molecular weight is 456 g/mol. The first-order valence-electron chi connectivity index (χ1n) is 11.7. The summed E-state index contributed by atoms with van der Waals surface area (Å²) in [6, 6.07) is 12.0. The molecule has 1 saturated heterocycles. The third kappa shape index (κ3) is 7.35. The number of carbonyl (C=O) groups excluding carboxylic acids is 2. The molecule has 7 nitrogen and oxygen atoms in total. The van der Waals surface area contributed by atoms with Gasteiger partial charge in [-0.3, -0.25) is 4.79 Å². The molecule has 0 atom stereocenters. The van der Waals surface area contributed by atoms with Crippen LogP contribution in [0.4, 0.5) is 4.79 Å². The van der Waals surface area contributed by atoms with Crippen molar-refractivity contribution in [3.63, 3.8) is 0 Å². The molecule has 0 radical (unpaired) electrons. The maximum Gasteiger partial charge on any atom is 0.410 e. The first-order valence-corrected chi connectivity index (χ1v) is 11.7. The van der Waals surface area contributed by atoms with Crippen LogP contribution in [-0.2, 0) is 22.6 Å². The van der Waals surface area contributed by atoms with E-state index in [1.54, 1.807) is 4.90 Å². The molecule has 0 bridgehead atoms. The Hall–Kier alpha value is -2.80. The Morgan fingerprint density at radius 3 is 2.45 bits per heavy atom. The summed E-state index contributed by atoms with van der Waals surface area (Å²) >= 11 is 0. The van der Waals surface area contributed by atoms with Crippen molar-refractivity contribution in [2.45, 2.75) is 78.4 Å². The second-order valence-electron chi connectivity index (χ2n) is 9.86. The van der Waals surface area contributed by atoms with Crippen molar-refractivity contribution in [2.24, 2.45) is 0 Å². The number of nitrogens with one attached hydrogen (secondary N) is 1. The topological polar surface area (TPSA) is 72.8 Å². The molecule has 1 fully saturated rings. The largest absolute Gasteiger partial charge is 0.444 e. The fourth-order valence-corrected chi connectivity index (χ4v) is 3.92. The van der Waals surface area contributed by atoms with E-state index in [2.05, 4.69) is 11.4 Å². The molecule has 2 aromatic rings. The van der Waals surface area contributed by atoms with Gasteiger partial charge in [0, 0.05) is 31.9 Å². The van der Waals surface area contributed by atoms with Crippen LogP contribution in [0.2, 0.25) is 0 Å². The monoisotopic (exact) mass is 455 g/mol. The third-order valence-corrected chi connectivity index (χ3v) is 5.55. The number of carbonyl (C=O) groups is 2. The van der Waals surface area contributed by atoms with Gasteiger partial charge in [-0.15, -0.1) is 0 Å². The van der Waals surface area contributed by atoms with Gasteiger partial charge in [0.15, 0.2) is 0 Å². The maximum absolute atomic E-state index is 12.9. The van der Waals surface area contributed by atoms with E-state index in [0.29, 0.717) is 31.9 Å². The number of ether oxygens (including phenoxy) is 2. The number of nitrogens with zero attached hydrogens (tertiary/aromatic N) is 2. The number of hydrogen-bond donors (Lipinski definition) is 1. The van der Waals surface area contributed by atoms with Crippen LogP contribution in [0.5, 0.6) is 0 Å². The number of piperidine rings is 1. The lowest BCUT2D eigenvalue weighted by atomic mass is 10.0. The van der Waals surface area contributed by atoms with Gasteiger partial charge in [-0.2, -0.15) is 0 Å². The van der Waals surface area contributed by atoms with Crippen molar-refractivity contribution in [1.82, 2.24) is 14.8 Å². The third-order valence-electron chi connectivity index (χ3n) is 5.55. The Morgan fingerprint density at radius 1 is 1.09 bits per heavy atom. The lowest BCUT2D eigenvalue weighted by molar-refractivity contribution is 0.0187. The quantitative estimate of drug-likeness (QED) is 0.644. The zero-order chi connectivity index (χ0) is 24.0. The first-order chi connectivity index (χ1) is 15.6. The molecule has 2 amide bonds. The Labute approximate surface area is 197 Å². The molecule has 7 heteroatoms. The van der Waals surface area contributed by atoms with Gasteiger partial charge in [-0.1, -0.05) is 24.3 Å². The van der Waals surface area contributed by atoms with Crippen molar-refractivity contribution in [1.29, 1.82) is 0 Å². The van der Waals surface area contributed by atoms with Crippen LogP contribution < -0.4 is 5.32 Å². The standard InChI is InChI=1S/C26H37N3O4/c1-19(2)32-18-21-9-6-8-20(16-21)17-27-24(30)23-10-7-13-29(23)22-11-14-28(15-12-22)25(31)33-26(3,4)5/h6-10,13,16,19,22H,11-12,14-15,17-18H2,1-5H3,(H,27,30). The Bertz CT molecular complexity index is 937. The first kappa shape index (κ1) is 24.8. The summed E-state index contributed by atoms with van der Waals surface area (Å²) in [5.74, 6) is -0.0987. The molecule has 3 rings (SSSR count). The molecule has 180 valence electrons. The maximum atomic E-state index is 12.9. The predicted octanol–water partition coefficient (Wildman–Crippen LogP) is 4.92. The van der Waals surface area contributed by atoms with Gasteiger partial charge >= 0.3 is 6.09 Å². The average Bonchev–Trinajstić information content (AvgIpc) is 3.25. The highest BCUT2D eigenvalue weighted by Crippen LogP contribution is 2.26. The Morgan fingerprint density at radius 2 is 1.79 bits per heavy atom. The molecule has 0 spiro atoms. The molecule has 1 aromatic carbocycles. The second kappa shape index (κ2) is 10.9. The van der Waals surface area contributed by atoms with Crippen LogP contribution in [0.15, 0.2) is 42.6 Å². The van der Waals surface area contributed by atoms with Crippen LogP contribution in [0.25, 0.3) is 0 Å². The minimum absolute atomic E-state index is 0.0987. The van der Waals surface area contributed by atoms with E-state index in [1.807, 2.05) is 75.7 Å². The zero-order valence-electron chi connectivity index (χ0n) is 20.5. The Kier molecular flexibility index (Phi) is 8.19. The van der Waals surface area contributed by atoms with Crippen LogP contribution in [-0.4, -0.2) is 46.3 Å². The van der Waals surface area contributed by atoms with Gasteiger partial charge in [0.05, 0.1) is 12.7 Å².